The van der Waals surface area contributed by atoms with E-state index in [2.05, 4.69) is 38.0 Å². The number of rotatable bonds is 9. The summed E-state index contributed by atoms with van der Waals surface area (Å²) in [4.78, 5) is 30.6. The van der Waals surface area contributed by atoms with Crippen LogP contribution < -0.4 is 0 Å². The zero-order valence-electron chi connectivity index (χ0n) is 18.2. The van der Waals surface area contributed by atoms with Gasteiger partial charge in [-0.2, -0.15) is 5.26 Å². The SMILES string of the molecule is C=C(C)C(=O)O.C=C(C)C(=O)OCCCC.C=CC#N.C=CC(=O)OCCCC. The molecule has 0 aromatic rings. The first-order valence-corrected chi connectivity index (χ1v) is 9.06. The molecule has 0 aliphatic heterocycles. The molecule has 0 atom stereocenters. The Bertz CT molecular complexity index is 546. The molecule has 0 rings (SSSR count). The smallest absolute Gasteiger partial charge is 0.333 e. The molecular formula is C22H35NO6. The summed E-state index contributed by atoms with van der Waals surface area (Å²) in [5.74, 6) is -1.55. The molecule has 29 heavy (non-hydrogen) atoms. The Kier molecular flexibility index (Phi) is 31.2. The third-order valence-corrected chi connectivity index (χ3v) is 2.44. The molecule has 0 aliphatic carbocycles. The van der Waals surface area contributed by atoms with Crippen molar-refractivity contribution in [1.82, 2.24) is 0 Å². The van der Waals surface area contributed by atoms with Gasteiger partial charge in [-0.15, -0.1) is 0 Å². The Labute approximate surface area is 175 Å². The van der Waals surface area contributed by atoms with E-state index in [4.69, 9.17) is 15.1 Å². The Morgan fingerprint density at radius 2 is 1.34 bits per heavy atom. The van der Waals surface area contributed by atoms with Crippen molar-refractivity contribution in [2.24, 2.45) is 0 Å². The van der Waals surface area contributed by atoms with Crippen LogP contribution in [0.1, 0.15) is 53.4 Å². The van der Waals surface area contributed by atoms with Crippen LogP contribution in [0.3, 0.4) is 0 Å². The first kappa shape index (κ1) is 33.4. The van der Waals surface area contributed by atoms with Gasteiger partial charge in [0.2, 0.25) is 0 Å². The second-order valence-corrected chi connectivity index (χ2v) is 5.41. The molecular weight excluding hydrogens is 374 g/mol. The van der Waals surface area contributed by atoms with Gasteiger partial charge < -0.3 is 14.6 Å². The van der Waals surface area contributed by atoms with Crippen molar-refractivity contribution in [1.29, 1.82) is 5.26 Å². The van der Waals surface area contributed by atoms with Gasteiger partial charge in [0.1, 0.15) is 0 Å². The maximum atomic E-state index is 10.7. The van der Waals surface area contributed by atoms with E-state index in [0.717, 1.165) is 25.7 Å². The molecule has 0 aromatic carbocycles. The Balaban J connectivity index is -0.000000151. The minimum atomic E-state index is -0.935. The molecule has 0 fully saturated rings. The Morgan fingerprint density at radius 3 is 1.59 bits per heavy atom. The van der Waals surface area contributed by atoms with Gasteiger partial charge in [-0.3, -0.25) is 0 Å². The van der Waals surface area contributed by atoms with Crippen molar-refractivity contribution in [2.45, 2.75) is 53.4 Å². The number of nitriles is 1. The summed E-state index contributed by atoms with van der Waals surface area (Å²) >= 11 is 0. The molecule has 0 aromatic heterocycles. The number of hydrogen-bond acceptors (Lipinski definition) is 6. The van der Waals surface area contributed by atoms with E-state index in [1.54, 1.807) is 13.0 Å². The maximum Gasteiger partial charge on any atom is 0.333 e. The highest BCUT2D eigenvalue weighted by Crippen LogP contribution is 1.94. The number of esters is 2. The fraction of sp³-hybridized carbons (Fsp3) is 0.455. The van der Waals surface area contributed by atoms with Gasteiger partial charge in [0.05, 0.1) is 19.3 Å². The minimum absolute atomic E-state index is 0.176. The summed E-state index contributed by atoms with van der Waals surface area (Å²) in [6.07, 6.45) is 6.31. The molecule has 7 nitrogen and oxygen atoms in total. The van der Waals surface area contributed by atoms with Crippen LogP contribution in [0.5, 0.6) is 0 Å². The maximum absolute atomic E-state index is 10.7. The van der Waals surface area contributed by atoms with Crippen molar-refractivity contribution >= 4 is 17.9 Å². The fourth-order valence-corrected chi connectivity index (χ4v) is 0.808. The molecule has 1 N–H and O–H groups in total. The van der Waals surface area contributed by atoms with Gasteiger partial charge >= 0.3 is 17.9 Å². The predicted octanol–water partition coefficient (Wildman–Crippen LogP) is 4.76. The lowest BCUT2D eigenvalue weighted by molar-refractivity contribution is -0.139. The number of nitrogens with zero attached hydrogens (tertiary/aromatic N) is 1. The first-order valence-electron chi connectivity index (χ1n) is 9.06. The van der Waals surface area contributed by atoms with Gasteiger partial charge in [0, 0.05) is 23.3 Å². The largest absolute Gasteiger partial charge is 0.478 e. The molecule has 0 aliphatic rings. The number of carboxylic acids is 1. The lowest BCUT2D eigenvalue weighted by Crippen LogP contribution is -2.05. The van der Waals surface area contributed by atoms with Gasteiger partial charge in [0.25, 0.3) is 0 Å². The van der Waals surface area contributed by atoms with Crippen LogP contribution in [0, 0.1) is 11.3 Å². The molecule has 7 heteroatoms. The van der Waals surface area contributed by atoms with E-state index in [9.17, 15) is 14.4 Å². The van der Waals surface area contributed by atoms with Gasteiger partial charge in [-0.25, -0.2) is 14.4 Å². The second-order valence-electron chi connectivity index (χ2n) is 5.41. The summed E-state index contributed by atoms with van der Waals surface area (Å²) in [7, 11) is 0. The average molecular weight is 410 g/mol. The van der Waals surface area contributed by atoms with Crippen molar-refractivity contribution in [2.75, 3.05) is 13.2 Å². The molecule has 0 heterocycles. The second kappa shape index (κ2) is 27.1. The van der Waals surface area contributed by atoms with Crippen LogP contribution in [0.25, 0.3) is 0 Å². The highest BCUT2D eigenvalue weighted by Gasteiger charge is 2.00. The van der Waals surface area contributed by atoms with Crippen LogP contribution >= 0.6 is 0 Å². The van der Waals surface area contributed by atoms with Crippen molar-refractivity contribution in [3.8, 4) is 6.07 Å². The standard InChI is InChI=1S/C8H14O2.C7H12O2.C4H6O2.C3H3N/c1-4-5-6-10-8(9)7(2)3;1-3-5-6-9-7(8)4-2;1-3(2)4(5)6;1-2-3-4/h2,4-6H2,1,3H3;4H,2-3,5-6H2,1H3;1H2,2H3,(H,5,6);2H,1H2. The third kappa shape index (κ3) is 40.7. The summed E-state index contributed by atoms with van der Waals surface area (Å²) < 4.78 is 9.48. The van der Waals surface area contributed by atoms with Gasteiger partial charge in [-0.05, 0) is 26.7 Å². The molecule has 164 valence electrons. The predicted molar refractivity (Wildman–Crippen MR) is 115 cm³/mol. The molecule has 0 spiro atoms. The highest BCUT2D eigenvalue weighted by molar-refractivity contribution is 5.86. The van der Waals surface area contributed by atoms with E-state index >= 15 is 0 Å². The summed E-state index contributed by atoms with van der Waals surface area (Å²) in [5, 5.41) is 15.4. The van der Waals surface area contributed by atoms with Crippen molar-refractivity contribution in [3.05, 3.63) is 49.6 Å². The number of aliphatic carboxylic acids is 1. The highest BCUT2D eigenvalue weighted by atomic mass is 16.5. The summed E-state index contributed by atoms with van der Waals surface area (Å²) in [5.41, 5.74) is 0.645. The summed E-state index contributed by atoms with van der Waals surface area (Å²) in [6, 6.07) is 1.69. The molecule has 0 bridgehead atoms. The Hall–Kier alpha value is -3.14. The number of carboxylic acid groups (broad SMARTS) is 1. The summed E-state index contributed by atoms with van der Waals surface area (Å²) in [6.45, 7) is 21.2. The van der Waals surface area contributed by atoms with Crippen LogP contribution in [-0.2, 0) is 23.9 Å². The van der Waals surface area contributed by atoms with Crippen LogP contribution in [0.15, 0.2) is 49.6 Å². The zero-order valence-corrected chi connectivity index (χ0v) is 18.2. The number of ether oxygens (including phenoxy) is 2. The molecule has 0 amide bonds. The van der Waals surface area contributed by atoms with E-state index in [0.29, 0.717) is 18.8 Å². The molecule has 0 saturated heterocycles. The Morgan fingerprint density at radius 1 is 0.966 bits per heavy atom. The number of unbranched alkanes of at least 4 members (excludes halogenated alkanes) is 2. The molecule has 0 saturated carbocycles. The van der Waals surface area contributed by atoms with E-state index in [1.165, 1.54) is 19.1 Å². The van der Waals surface area contributed by atoms with E-state index < -0.39 is 5.97 Å². The normalized spacial score (nSPS) is 7.83. The van der Waals surface area contributed by atoms with E-state index in [-0.39, 0.29) is 17.5 Å². The van der Waals surface area contributed by atoms with Gasteiger partial charge in [-0.1, -0.05) is 53.0 Å². The topological polar surface area (TPSA) is 114 Å². The molecule has 0 radical (unpaired) electrons. The lowest BCUT2D eigenvalue weighted by atomic mass is 10.3. The fourth-order valence-electron chi connectivity index (χ4n) is 0.808. The quantitative estimate of drug-likeness (QED) is 0.253. The number of allylic oxidation sites excluding steroid dienone is 1. The number of carbonyl (C=O) groups excluding carboxylic acids is 2. The number of hydrogen-bond donors (Lipinski definition) is 1. The monoisotopic (exact) mass is 409 g/mol. The van der Waals surface area contributed by atoms with Crippen LogP contribution in [-0.4, -0.2) is 36.2 Å². The molecule has 0 unspecified atom stereocenters. The lowest BCUT2D eigenvalue weighted by Gasteiger charge is -2.01. The van der Waals surface area contributed by atoms with Crippen LogP contribution in [0.2, 0.25) is 0 Å². The van der Waals surface area contributed by atoms with Crippen molar-refractivity contribution < 1.29 is 29.0 Å². The minimum Gasteiger partial charge on any atom is -0.478 e. The van der Waals surface area contributed by atoms with Crippen molar-refractivity contribution in [3.63, 3.8) is 0 Å². The third-order valence-electron chi connectivity index (χ3n) is 2.44. The van der Waals surface area contributed by atoms with Gasteiger partial charge in [0.15, 0.2) is 0 Å². The van der Waals surface area contributed by atoms with E-state index in [1.807, 2.05) is 6.92 Å². The first-order chi connectivity index (χ1) is 13.5. The number of carbonyl (C=O) groups is 3. The van der Waals surface area contributed by atoms with Crippen LogP contribution in [0.4, 0.5) is 0 Å². The average Bonchev–Trinajstić information content (AvgIpc) is 2.69. The zero-order chi connectivity index (χ0) is 23.7.